The van der Waals surface area contributed by atoms with Crippen molar-refractivity contribution >= 4 is 11.6 Å². The first-order valence-corrected chi connectivity index (χ1v) is 6.93. The standard InChI is InChI=1S/C13H17ClFN5/c1-3-6-20-13(17-18-19-20)8-16-9(2)10-4-5-12(15)11(14)7-10/h4-5,7,9,16H,3,6,8H2,1-2H3/t9-/m1/s1. The summed E-state index contributed by atoms with van der Waals surface area (Å²) in [5, 5.41) is 15.0. The van der Waals surface area contributed by atoms with Crippen LogP contribution in [0.1, 0.15) is 37.7 Å². The Morgan fingerprint density at radius 1 is 1.45 bits per heavy atom. The molecule has 0 fully saturated rings. The lowest BCUT2D eigenvalue weighted by molar-refractivity contribution is 0.506. The first-order valence-electron chi connectivity index (χ1n) is 6.55. The minimum absolute atomic E-state index is 0.0277. The maximum Gasteiger partial charge on any atom is 0.165 e. The Hall–Kier alpha value is -1.53. The summed E-state index contributed by atoms with van der Waals surface area (Å²) in [6, 6.07) is 4.74. The SMILES string of the molecule is CCCn1nnnc1CN[C@H](C)c1ccc(F)c(Cl)c1. The van der Waals surface area contributed by atoms with Crippen LogP contribution in [0.4, 0.5) is 4.39 Å². The quantitative estimate of drug-likeness (QED) is 0.891. The highest BCUT2D eigenvalue weighted by Crippen LogP contribution is 2.20. The van der Waals surface area contributed by atoms with Gasteiger partial charge in [-0.2, -0.15) is 0 Å². The van der Waals surface area contributed by atoms with Gasteiger partial charge in [-0.1, -0.05) is 24.6 Å². The van der Waals surface area contributed by atoms with Crippen molar-refractivity contribution in [3.63, 3.8) is 0 Å². The molecule has 2 aromatic rings. The van der Waals surface area contributed by atoms with E-state index in [0.29, 0.717) is 6.54 Å². The van der Waals surface area contributed by atoms with E-state index in [2.05, 4.69) is 27.8 Å². The molecule has 5 nitrogen and oxygen atoms in total. The van der Waals surface area contributed by atoms with Crippen LogP contribution in [-0.4, -0.2) is 20.2 Å². The van der Waals surface area contributed by atoms with Gasteiger partial charge in [-0.25, -0.2) is 9.07 Å². The summed E-state index contributed by atoms with van der Waals surface area (Å²) in [5.41, 5.74) is 0.922. The second kappa shape index (κ2) is 6.76. The third kappa shape index (κ3) is 3.52. The molecular formula is C13H17ClFN5. The van der Waals surface area contributed by atoms with Crippen LogP contribution in [0.15, 0.2) is 18.2 Å². The summed E-state index contributed by atoms with van der Waals surface area (Å²) < 4.78 is 14.9. The predicted octanol–water partition coefficient (Wildman–Crippen LogP) is 2.73. The van der Waals surface area contributed by atoms with Crippen LogP contribution in [0, 0.1) is 5.82 Å². The molecule has 0 saturated heterocycles. The highest BCUT2D eigenvalue weighted by molar-refractivity contribution is 6.30. The van der Waals surface area contributed by atoms with Gasteiger partial charge in [0.05, 0.1) is 11.6 Å². The molecule has 0 unspecified atom stereocenters. The lowest BCUT2D eigenvalue weighted by Crippen LogP contribution is -2.21. The summed E-state index contributed by atoms with van der Waals surface area (Å²) in [5.74, 6) is 0.376. The monoisotopic (exact) mass is 297 g/mol. The third-order valence-electron chi connectivity index (χ3n) is 3.05. The van der Waals surface area contributed by atoms with Crippen molar-refractivity contribution < 1.29 is 4.39 Å². The Bertz CT molecular complexity index is 572. The van der Waals surface area contributed by atoms with Gasteiger partial charge in [0.1, 0.15) is 5.82 Å². The van der Waals surface area contributed by atoms with E-state index in [1.165, 1.54) is 6.07 Å². The first kappa shape index (κ1) is 14.9. The van der Waals surface area contributed by atoms with Crippen molar-refractivity contribution in [3.05, 3.63) is 40.4 Å². The van der Waals surface area contributed by atoms with E-state index in [0.717, 1.165) is 24.4 Å². The Kier molecular flexibility index (Phi) is 5.03. The molecule has 1 aromatic carbocycles. The number of aromatic nitrogens is 4. The van der Waals surface area contributed by atoms with Gasteiger partial charge >= 0.3 is 0 Å². The van der Waals surface area contributed by atoms with E-state index >= 15 is 0 Å². The zero-order valence-corrected chi connectivity index (χ0v) is 12.2. The molecule has 7 heteroatoms. The predicted molar refractivity (Wildman–Crippen MR) is 74.8 cm³/mol. The van der Waals surface area contributed by atoms with Crippen LogP contribution in [-0.2, 0) is 13.1 Å². The molecule has 0 aliphatic carbocycles. The fraction of sp³-hybridized carbons (Fsp3) is 0.462. The molecule has 1 heterocycles. The lowest BCUT2D eigenvalue weighted by atomic mass is 10.1. The number of halogens is 2. The minimum Gasteiger partial charge on any atom is -0.303 e. The molecule has 0 amide bonds. The Morgan fingerprint density at radius 3 is 2.95 bits per heavy atom. The summed E-state index contributed by atoms with van der Waals surface area (Å²) in [6.07, 6.45) is 0.973. The molecule has 0 bridgehead atoms. The molecule has 0 aliphatic rings. The number of rotatable bonds is 6. The summed E-state index contributed by atoms with van der Waals surface area (Å²) >= 11 is 5.78. The van der Waals surface area contributed by atoms with Crippen LogP contribution < -0.4 is 5.32 Å². The molecular weight excluding hydrogens is 281 g/mol. The van der Waals surface area contributed by atoms with Crippen molar-refractivity contribution in [1.29, 1.82) is 0 Å². The van der Waals surface area contributed by atoms with Crippen LogP contribution in [0.5, 0.6) is 0 Å². The zero-order valence-electron chi connectivity index (χ0n) is 11.5. The molecule has 20 heavy (non-hydrogen) atoms. The maximum atomic E-state index is 13.1. The van der Waals surface area contributed by atoms with Crippen molar-refractivity contribution in [3.8, 4) is 0 Å². The van der Waals surface area contributed by atoms with Crippen molar-refractivity contribution in [2.45, 2.75) is 39.4 Å². The highest BCUT2D eigenvalue weighted by Gasteiger charge is 2.10. The largest absolute Gasteiger partial charge is 0.303 e. The fourth-order valence-electron chi connectivity index (χ4n) is 1.88. The molecule has 1 N–H and O–H groups in total. The van der Waals surface area contributed by atoms with Crippen molar-refractivity contribution in [2.24, 2.45) is 0 Å². The Morgan fingerprint density at radius 2 is 2.25 bits per heavy atom. The molecule has 2 rings (SSSR count). The van der Waals surface area contributed by atoms with E-state index in [1.807, 2.05) is 6.92 Å². The zero-order chi connectivity index (χ0) is 14.5. The van der Waals surface area contributed by atoms with Crippen LogP contribution >= 0.6 is 11.6 Å². The molecule has 0 spiro atoms. The number of nitrogens with one attached hydrogen (secondary N) is 1. The smallest absolute Gasteiger partial charge is 0.165 e. The van der Waals surface area contributed by atoms with Crippen molar-refractivity contribution in [2.75, 3.05) is 0 Å². The number of hydrogen-bond donors (Lipinski definition) is 1. The van der Waals surface area contributed by atoms with Gasteiger partial charge in [-0.3, -0.25) is 0 Å². The Balaban J connectivity index is 1.99. The second-order valence-corrected chi connectivity index (χ2v) is 5.00. The second-order valence-electron chi connectivity index (χ2n) is 4.59. The highest BCUT2D eigenvalue weighted by atomic mass is 35.5. The van der Waals surface area contributed by atoms with E-state index in [1.54, 1.807) is 16.8 Å². The molecule has 1 aromatic heterocycles. The van der Waals surface area contributed by atoms with Gasteiger partial charge < -0.3 is 5.32 Å². The van der Waals surface area contributed by atoms with Gasteiger partial charge in [0, 0.05) is 12.6 Å². The number of benzene rings is 1. The normalized spacial score (nSPS) is 12.6. The molecule has 108 valence electrons. The van der Waals surface area contributed by atoms with E-state index in [9.17, 15) is 4.39 Å². The first-order chi connectivity index (χ1) is 9.61. The third-order valence-corrected chi connectivity index (χ3v) is 3.34. The molecule has 0 aliphatic heterocycles. The summed E-state index contributed by atoms with van der Waals surface area (Å²) in [4.78, 5) is 0. The maximum absolute atomic E-state index is 13.1. The average Bonchev–Trinajstić information content (AvgIpc) is 2.87. The van der Waals surface area contributed by atoms with E-state index in [4.69, 9.17) is 11.6 Å². The van der Waals surface area contributed by atoms with E-state index in [-0.39, 0.29) is 11.1 Å². The molecule has 0 saturated carbocycles. The number of aryl methyl sites for hydroxylation is 1. The topological polar surface area (TPSA) is 55.6 Å². The van der Waals surface area contributed by atoms with Gasteiger partial charge in [-0.15, -0.1) is 5.10 Å². The minimum atomic E-state index is -0.408. The number of hydrogen-bond acceptors (Lipinski definition) is 4. The fourth-order valence-corrected chi connectivity index (χ4v) is 2.07. The molecule has 0 radical (unpaired) electrons. The van der Waals surface area contributed by atoms with Gasteiger partial charge in [0.15, 0.2) is 5.82 Å². The summed E-state index contributed by atoms with van der Waals surface area (Å²) in [7, 11) is 0. The van der Waals surface area contributed by atoms with Gasteiger partial charge in [0.2, 0.25) is 0 Å². The van der Waals surface area contributed by atoms with Crippen LogP contribution in [0.3, 0.4) is 0 Å². The van der Waals surface area contributed by atoms with Gasteiger partial charge in [-0.05, 0) is 41.5 Å². The Labute approximate surface area is 122 Å². The average molecular weight is 298 g/mol. The van der Waals surface area contributed by atoms with E-state index < -0.39 is 5.82 Å². The van der Waals surface area contributed by atoms with Gasteiger partial charge in [0.25, 0.3) is 0 Å². The molecule has 1 atom stereocenters. The lowest BCUT2D eigenvalue weighted by Gasteiger charge is -2.14. The number of nitrogens with zero attached hydrogens (tertiary/aromatic N) is 4. The van der Waals surface area contributed by atoms with Crippen molar-refractivity contribution in [1.82, 2.24) is 25.5 Å². The summed E-state index contributed by atoms with van der Waals surface area (Å²) in [6.45, 7) is 5.39. The number of tetrazole rings is 1. The van der Waals surface area contributed by atoms with Crippen LogP contribution in [0.2, 0.25) is 5.02 Å². The van der Waals surface area contributed by atoms with Crippen LogP contribution in [0.25, 0.3) is 0 Å².